The highest BCUT2D eigenvalue weighted by atomic mass is 19.1. The van der Waals surface area contributed by atoms with Gasteiger partial charge in [0.05, 0.1) is 19.8 Å². The number of halogens is 1. The molecule has 1 aliphatic rings. The quantitative estimate of drug-likeness (QED) is 0.425. The molecular weight excluding hydrogens is 419 g/mol. The van der Waals surface area contributed by atoms with E-state index in [1.165, 1.54) is 31.4 Å². The number of rotatable bonds is 7. The summed E-state index contributed by atoms with van der Waals surface area (Å²) in [6.45, 7) is 0. The Bertz CT molecular complexity index is 1150. The Balaban J connectivity index is 1.53. The van der Waals surface area contributed by atoms with Gasteiger partial charge in [-0.3, -0.25) is 4.98 Å². The standard InChI is InChI=1S/C27H29FN2O3/c1-30(22-10-12-25(28)26(16-22)32-2)21-9-11-23-18(5-4-6-19(23)15-21)7-8-20-17-29-14-13-24(20)27(31)33-3/h9-18H,4-8H2,1-3H3/t18-/m0/s1. The van der Waals surface area contributed by atoms with Gasteiger partial charge in [-0.25, -0.2) is 9.18 Å². The van der Waals surface area contributed by atoms with Crippen LogP contribution < -0.4 is 9.64 Å². The van der Waals surface area contributed by atoms with Crippen molar-refractivity contribution in [1.29, 1.82) is 0 Å². The topological polar surface area (TPSA) is 51.7 Å². The van der Waals surface area contributed by atoms with E-state index < -0.39 is 0 Å². The Hall–Kier alpha value is -3.41. The molecule has 3 aromatic rings. The summed E-state index contributed by atoms with van der Waals surface area (Å²) in [6, 6.07) is 13.2. The number of aromatic nitrogens is 1. The van der Waals surface area contributed by atoms with Crippen molar-refractivity contribution >= 4 is 17.3 Å². The molecule has 0 saturated heterocycles. The molecule has 0 N–H and O–H groups in total. The predicted molar refractivity (Wildman–Crippen MR) is 127 cm³/mol. The van der Waals surface area contributed by atoms with E-state index in [1.54, 1.807) is 30.6 Å². The molecule has 2 aromatic carbocycles. The highest BCUT2D eigenvalue weighted by molar-refractivity contribution is 5.90. The lowest BCUT2D eigenvalue weighted by atomic mass is 9.79. The summed E-state index contributed by atoms with van der Waals surface area (Å²) >= 11 is 0. The van der Waals surface area contributed by atoms with Crippen LogP contribution in [0, 0.1) is 5.82 Å². The lowest BCUT2D eigenvalue weighted by Gasteiger charge is -2.28. The molecule has 6 heteroatoms. The van der Waals surface area contributed by atoms with Gasteiger partial charge in [-0.1, -0.05) is 6.07 Å². The fourth-order valence-electron chi connectivity index (χ4n) is 4.68. The van der Waals surface area contributed by atoms with E-state index in [-0.39, 0.29) is 17.5 Å². The lowest BCUT2D eigenvalue weighted by Crippen LogP contribution is -2.15. The monoisotopic (exact) mass is 448 g/mol. The van der Waals surface area contributed by atoms with Gasteiger partial charge in [0, 0.05) is 36.9 Å². The lowest BCUT2D eigenvalue weighted by molar-refractivity contribution is 0.0599. The van der Waals surface area contributed by atoms with Crippen molar-refractivity contribution in [1.82, 2.24) is 4.98 Å². The van der Waals surface area contributed by atoms with Crippen molar-refractivity contribution in [3.63, 3.8) is 0 Å². The van der Waals surface area contributed by atoms with Gasteiger partial charge >= 0.3 is 5.97 Å². The first kappa shape index (κ1) is 22.8. The summed E-state index contributed by atoms with van der Waals surface area (Å²) in [5.74, 6) is -0.0164. The first-order valence-corrected chi connectivity index (χ1v) is 11.2. The minimum absolute atomic E-state index is 0.235. The second-order valence-electron chi connectivity index (χ2n) is 8.41. The van der Waals surface area contributed by atoms with E-state index in [9.17, 15) is 9.18 Å². The first-order valence-electron chi connectivity index (χ1n) is 11.2. The van der Waals surface area contributed by atoms with Gasteiger partial charge in [0.15, 0.2) is 11.6 Å². The third-order valence-electron chi connectivity index (χ3n) is 6.55. The van der Waals surface area contributed by atoms with Gasteiger partial charge in [0.2, 0.25) is 0 Å². The molecule has 0 spiro atoms. The number of hydrogen-bond acceptors (Lipinski definition) is 5. The maximum Gasteiger partial charge on any atom is 0.338 e. The fraction of sp³-hybridized carbons (Fsp3) is 0.333. The Morgan fingerprint density at radius 2 is 1.94 bits per heavy atom. The number of esters is 1. The van der Waals surface area contributed by atoms with E-state index >= 15 is 0 Å². The zero-order chi connectivity index (χ0) is 23.4. The van der Waals surface area contributed by atoms with Gasteiger partial charge in [-0.15, -0.1) is 0 Å². The third-order valence-corrected chi connectivity index (χ3v) is 6.55. The fourth-order valence-corrected chi connectivity index (χ4v) is 4.68. The van der Waals surface area contributed by atoms with Crippen LogP contribution in [0.15, 0.2) is 54.9 Å². The van der Waals surface area contributed by atoms with Crippen LogP contribution in [-0.2, 0) is 17.6 Å². The number of fused-ring (bicyclic) bond motifs is 1. The largest absolute Gasteiger partial charge is 0.494 e. The van der Waals surface area contributed by atoms with Gasteiger partial charge in [-0.2, -0.15) is 0 Å². The van der Waals surface area contributed by atoms with Crippen LogP contribution in [0.5, 0.6) is 5.75 Å². The highest BCUT2D eigenvalue weighted by Crippen LogP contribution is 2.38. The van der Waals surface area contributed by atoms with E-state index in [0.717, 1.165) is 49.0 Å². The van der Waals surface area contributed by atoms with Crippen molar-refractivity contribution in [2.24, 2.45) is 0 Å². The minimum Gasteiger partial charge on any atom is -0.494 e. The van der Waals surface area contributed by atoms with Gasteiger partial charge in [0.1, 0.15) is 0 Å². The predicted octanol–water partition coefficient (Wildman–Crippen LogP) is 5.84. The molecule has 1 aromatic heterocycles. The summed E-state index contributed by atoms with van der Waals surface area (Å²) < 4.78 is 23.9. The zero-order valence-corrected chi connectivity index (χ0v) is 19.3. The van der Waals surface area contributed by atoms with Crippen LogP contribution >= 0.6 is 0 Å². The van der Waals surface area contributed by atoms with Crippen LogP contribution in [0.3, 0.4) is 0 Å². The molecule has 1 heterocycles. The van der Waals surface area contributed by atoms with E-state index in [4.69, 9.17) is 9.47 Å². The molecule has 1 atom stereocenters. The van der Waals surface area contributed by atoms with Gasteiger partial charge in [0.25, 0.3) is 0 Å². The second kappa shape index (κ2) is 10.0. The normalized spacial score (nSPS) is 15.0. The number of aryl methyl sites for hydroxylation is 2. The molecule has 1 aliphatic carbocycles. The molecule has 0 unspecified atom stereocenters. The van der Waals surface area contributed by atoms with E-state index in [2.05, 4.69) is 23.2 Å². The van der Waals surface area contributed by atoms with Crippen molar-refractivity contribution in [2.75, 3.05) is 26.2 Å². The number of benzene rings is 2. The van der Waals surface area contributed by atoms with Crippen molar-refractivity contribution < 1.29 is 18.7 Å². The second-order valence-corrected chi connectivity index (χ2v) is 8.41. The molecule has 172 valence electrons. The van der Waals surface area contributed by atoms with Crippen LogP contribution in [0.1, 0.15) is 52.2 Å². The highest BCUT2D eigenvalue weighted by Gasteiger charge is 2.22. The van der Waals surface area contributed by atoms with Crippen molar-refractivity contribution in [3.05, 3.63) is 82.9 Å². The van der Waals surface area contributed by atoms with Gasteiger partial charge in [-0.05, 0) is 85.0 Å². The number of carbonyl (C=O) groups excluding carboxylic acids is 1. The minimum atomic E-state index is -0.369. The Morgan fingerprint density at radius 3 is 2.73 bits per heavy atom. The number of pyridine rings is 1. The summed E-state index contributed by atoms with van der Waals surface area (Å²) in [5, 5.41) is 0. The molecule has 0 bridgehead atoms. The molecule has 0 saturated carbocycles. The average molecular weight is 449 g/mol. The van der Waals surface area contributed by atoms with E-state index in [0.29, 0.717) is 11.5 Å². The summed E-state index contributed by atoms with van der Waals surface area (Å²) in [7, 11) is 4.85. The number of anilines is 2. The number of hydrogen-bond donors (Lipinski definition) is 0. The third kappa shape index (κ3) is 4.85. The van der Waals surface area contributed by atoms with Crippen molar-refractivity contribution in [2.45, 2.75) is 38.0 Å². The van der Waals surface area contributed by atoms with Crippen LogP contribution in [-0.4, -0.2) is 32.2 Å². The Kier molecular flexibility index (Phi) is 6.92. The molecular formula is C27H29FN2O3. The maximum atomic E-state index is 13.8. The summed E-state index contributed by atoms with van der Waals surface area (Å²) in [4.78, 5) is 18.3. The molecule has 0 fully saturated rings. The number of nitrogens with zero attached hydrogens (tertiary/aromatic N) is 2. The Labute approximate surface area is 194 Å². The Morgan fingerprint density at radius 1 is 1.15 bits per heavy atom. The average Bonchev–Trinajstić information content (AvgIpc) is 2.86. The molecule has 5 nitrogen and oxygen atoms in total. The number of methoxy groups -OCH3 is 2. The van der Waals surface area contributed by atoms with E-state index in [1.807, 2.05) is 11.9 Å². The number of carbonyl (C=O) groups is 1. The zero-order valence-electron chi connectivity index (χ0n) is 19.3. The number of ether oxygens (including phenoxy) is 2. The van der Waals surface area contributed by atoms with Crippen LogP contribution in [0.2, 0.25) is 0 Å². The molecule has 0 aliphatic heterocycles. The van der Waals surface area contributed by atoms with Crippen molar-refractivity contribution in [3.8, 4) is 5.75 Å². The molecule has 33 heavy (non-hydrogen) atoms. The first-order chi connectivity index (χ1) is 16.0. The summed E-state index contributed by atoms with van der Waals surface area (Å²) in [6.07, 6.45) is 8.43. The van der Waals surface area contributed by atoms with Crippen LogP contribution in [0.4, 0.5) is 15.8 Å². The maximum absolute atomic E-state index is 13.8. The molecule has 0 amide bonds. The smallest absolute Gasteiger partial charge is 0.338 e. The molecule has 4 rings (SSSR count). The summed E-state index contributed by atoms with van der Waals surface area (Å²) in [5.41, 5.74) is 6.17. The van der Waals surface area contributed by atoms with Gasteiger partial charge < -0.3 is 14.4 Å². The van der Waals surface area contributed by atoms with Crippen LogP contribution in [0.25, 0.3) is 0 Å². The SMILES string of the molecule is COC(=O)c1ccncc1CC[C@@H]1CCCc2cc(N(C)c3ccc(F)c(OC)c3)ccc21. The molecule has 0 radical (unpaired) electrons.